The van der Waals surface area contributed by atoms with E-state index < -0.39 is 17.4 Å². The Morgan fingerprint density at radius 2 is 2.04 bits per heavy atom. The van der Waals surface area contributed by atoms with Crippen LogP contribution in [0.4, 0.5) is 5.69 Å². The second-order valence-corrected chi connectivity index (χ2v) is 6.50. The van der Waals surface area contributed by atoms with Crippen molar-refractivity contribution in [3.05, 3.63) is 56.8 Å². The molecule has 0 aliphatic rings. The third-order valence-electron chi connectivity index (χ3n) is 3.98. The van der Waals surface area contributed by atoms with Crippen LogP contribution in [0.25, 0.3) is 11.1 Å². The van der Waals surface area contributed by atoms with Gasteiger partial charge in [0.2, 0.25) is 11.6 Å². The number of carbonyl (C=O) groups is 2. The summed E-state index contributed by atoms with van der Waals surface area (Å²) in [6, 6.07) is 5.21. The molecule has 2 amide bonds. The number of nitrogens with one attached hydrogen (secondary N) is 2. The molecular formula is C18H17ClN4O4. The average Bonchev–Trinajstić information content (AvgIpc) is 2.95. The molecule has 3 rings (SSSR count). The van der Waals surface area contributed by atoms with E-state index in [2.05, 4.69) is 15.6 Å². The predicted molar refractivity (Wildman–Crippen MR) is 101 cm³/mol. The molecule has 0 saturated heterocycles. The van der Waals surface area contributed by atoms with Gasteiger partial charge in [0, 0.05) is 7.05 Å². The van der Waals surface area contributed by atoms with Gasteiger partial charge in [-0.05, 0) is 31.5 Å². The third-order valence-corrected chi connectivity index (χ3v) is 4.30. The minimum absolute atomic E-state index is 0.0693. The second-order valence-electron chi connectivity index (χ2n) is 6.09. The molecule has 3 aromatic rings. The number of hydrogen-bond donors (Lipinski definition) is 2. The van der Waals surface area contributed by atoms with Crippen LogP contribution in [0.5, 0.6) is 0 Å². The zero-order valence-corrected chi connectivity index (χ0v) is 15.7. The highest BCUT2D eigenvalue weighted by Crippen LogP contribution is 2.23. The van der Waals surface area contributed by atoms with Crippen molar-refractivity contribution in [1.29, 1.82) is 0 Å². The summed E-state index contributed by atoms with van der Waals surface area (Å²) in [5, 5.41) is 5.59. The first kappa shape index (κ1) is 18.7. The number of carbonyl (C=O) groups excluding carboxylic acids is 2. The Labute approximate surface area is 159 Å². The van der Waals surface area contributed by atoms with Crippen molar-refractivity contribution in [2.45, 2.75) is 13.8 Å². The van der Waals surface area contributed by atoms with E-state index in [1.807, 2.05) is 13.0 Å². The molecule has 2 heterocycles. The minimum atomic E-state index is -0.596. The number of fused-ring (bicyclic) bond motifs is 1. The number of furan rings is 1. The fraction of sp³-hybridized carbons (Fsp3) is 0.222. The van der Waals surface area contributed by atoms with Crippen molar-refractivity contribution in [2.24, 2.45) is 7.05 Å². The number of rotatable bonds is 4. The first-order valence-corrected chi connectivity index (χ1v) is 8.44. The number of benzene rings is 1. The van der Waals surface area contributed by atoms with Gasteiger partial charge in [0.15, 0.2) is 0 Å². The maximum Gasteiger partial charge on any atom is 0.265 e. The highest BCUT2D eigenvalue weighted by Gasteiger charge is 2.22. The van der Waals surface area contributed by atoms with Crippen LogP contribution >= 0.6 is 11.6 Å². The van der Waals surface area contributed by atoms with Crippen molar-refractivity contribution in [3.63, 3.8) is 0 Å². The number of hydrogen-bond acceptors (Lipinski definition) is 5. The van der Waals surface area contributed by atoms with Crippen LogP contribution in [-0.2, 0) is 11.8 Å². The van der Waals surface area contributed by atoms with E-state index in [0.29, 0.717) is 10.7 Å². The summed E-state index contributed by atoms with van der Waals surface area (Å²) in [5.74, 6) is -0.799. The number of nitrogens with zero attached hydrogens (tertiary/aromatic N) is 2. The first-order chi connectivity index (χ1) is 12.8. The van der Waals surface area contributed by atoms with Gasteiger partial charge in [-0.25, -0.2) is 4.98 Å². The average molecular weight is 389 g/mol. The largest absolute Gasteiger partial charge is 0.442 e. The summed E-state index contributed by atoms with van der Waals surface area (Å²) < 4.78 is 6.63. The Morgan fingerprint density at radius 1 is 1.30 bits per heavy atom. The van der Waals surface area contributed by atoms with E-state index in [9.17, 15) is 14.4 Å². The summed E-state index contributed by atoms with van der Waals surface area (Å²) in [7, 11) is 1.53. The minimum Gasteiger partial charge on any atom is -0.442 e. The summed E-state index contributed by atoms with van der Waals surface area (Å²) in [4.78, 5) is 40.9. The molecule has 0 spiro atoms. The lowest BCUT2D eigenvalue weighted by molar-refractivity contribution is -0.115. The molecule has 0 saturated carbocycles. The predicted octanol–water partition coefficient (Wildman–Crippen LogP) is 2.17. The van der Waals surface area contributed by atoms with Gasteiger partial charge < -0.3 is 19.6 Å². The Hall–Kier alpha value is -3.13. The van der Waals surface area contributed by atoms with Crippen molar-refractivity contribution in [1.82, 2.24) is 14.9 Å². The van der Waals surface area contributed by atoms with E-state index in [-0.39, 0.29) is 29.0 Å². The first-order valence-electron chi connectivity index (χ1n) is 8.07. The fourth-order valence-electron chi connectivity index (χ4n) is 2.63. The van der Waals surface area contributed by atoms with Gasteiger partial charge in [-0.15, -0.1) is 0 Å². The molecular weight excluding hydrogens is 372 g/mol. The van der Waals surface area contributed by atoms with Crippen LogP contribution in [0.2, 0.25) is 5.02 Å². The highest BCUT2D eigenvalue weighted by molar-refractivity contribution is 6.33. The third kappa shape index (κ3) is 3.70. The van der Waals surface area contributed by atoms with Crippen molar-refractivity contribution < 1.29 is 14.0 Å². The zero-order chi connectivity index (χ0) is 19.7. The van der Waals surface area contributed by atoms with Gasteiger partial charge in [-0.3, -0.25) is 14.4 Å². The van der Waals surface area contributed by atoms with Crippen LogP contribution in [0.15, 0.2) is 33.7 Å². The van der Waals surface area contributed by atoms with Crippen molar-refractivity contribution in [2.75, 3.05) is 11.9 Å². The lowest BCUT2D eigenvalue weighted by Gasteiger charge is -2.09. The molecule has 1 aromatic carbocycles. The quantitative estimate of drug-likeness (QED) is 0.712. The molecule has 9 heteroatoms. The van der Waals surface area contributed by atoms with Crippen molar-refractivity contribution >= 4 is 40.2 Å². The Balaban J connectivity index is 1.75. The Bertz CT molecular complexity index is 1120. The Morgan fingerprint density at radius 3 is 2.74 bits per heavy atom. The number of amides is 2. The summed E-state index contributed by atoms with van der Waals surface area (Å²) in [6.07, 6.45) is 1.31. The topological polar surface area (TPSA) is 106 Å². The van der Waals surface area contributed by atoms with E-state index in [1.165, 1.54) is 17.9 Å². The van der Waals surface area contributed by atoms with E-state index in [4.69, 9.17) is 16.0 Å². The molecule has 2 aromatic heterocycles. The van der Waals surface area contributed by atoms with Crippen LogP contribution < -0.4 is 16.2 Å². The standard InChI is InChI=1S/C18H17ClN4O4/c1-9-4-5-12(11(19)6-9)22-13(24)7-20-16(25)14-10(2)27-17-15(14)18(26)23(3)8-21-17/h4-6,8H,7H2,1-3H3,(H,20,25)(H,22,24). The maximum absolute atomic E-state index is 12.5. The molecule has 0 unspecified atom stereocenters. The molecule has 0 radical (unpaired) electrons. The van der Waals surface area contributed by atoms with Crippen LogP contribution in [0.1, 0.15) is 21.7 Å². The van der Waals surface area contributed by atoms with Gasteiger partial charge in [0.1, 0.15) is 17.5 Å². The number of aryl methyl sites for hydroxylation is 3. The van der Waals surface area contributed by atoms with Crippen LogP contribution in [0, 0.1) is 13.8 Å². The normalized spacial score (nSPS) is 10.8. The molecule has 0 aliphatic heterocycles. The highest BCUT2D eigenvalue weighted by atomic mass is 35.5. The van der Waals surface area contributed by atoms with Gasteiger partial charge in [-0.2, -0.15) is 0 Å². The molecule has 0 bridgehead atoms. The monoisotopic (exact) mass is 388 g/mol. The number of aromatic nitrogens is 2. The summed E-state index contributed by atoms with van der Waals surface area (Å²) in [6.45, 7) is 3.15. The summed E-state index contributed by atoms with van der Waals surface area (Å²) in [5.41, 5.74) is 1.16. The van der Waals surface area contributed by atoms with Gasteiger partial charge in [-0.1, -0.05) is 17.7 Å². The van der Waals surface area contributed by atoms with Crippen molar-refractivity contribution in [3.8, 4) is 0 Å². The SMILES string of the molecule is Cc1ccc(NC(=O)CNC(=O)c2c(C)oc3ncn(C)c(=O)c23)c(Cl)c1. The van der Waals surface area contributed by atoms with E-state index in [1.54, 1.807) is 19.1 Å². The molecule has 2 N–H and O–H groups in total. The molecule has 0 fully saturated rings. The molecule has 140 valence electrons. The van der Waals surface area contributed by atoms with Gasteiger partial charge in [0.05, 0.1) is 22.8 Å². The maximum atomic E-state index is 12.5. The second kappa shape index (κ2) is 7.24. The lowest BCUT2D eigenvalue weighted by Crippen LogP contribution is -2.33. The van der Waals surface area contributed by atoms with Gasteiger partial charge in [0.25, 0.3) is 11.5 Å². The van der Waals surface area contributed by atoms with E-state index in [0.717, 1.165) is 5.56 Å². The lowest BCUT2D eigenvalue weighted by atomic mass is 10.2. The molecule has 8 nitrogen and oxygen atoms in total. The number of halogens is 1. The van der Waals surface area contributed by atoms with E-state index >= 15 is 0 Å². The molecule has 27 heavy (non-hydrogen) atoms. The van der Waals surface area contributed by atoms with Crippen LogP contribution in [0.3, 0.4) is 0 Å². The Kier molecular flexibility index (Phi) is 5.00. The smallest absolute Gasteiger partial charge is 0.265 e. The van der Waals surface area contributed by atoms with Crippen LogP contribution in [-0.4, -0.2) is 27.9 Å². The molecule has 0 aliphatic carbocycles. The molecule has 0 atom stereocenters. The number of anilines is 1. The fourth-order valence-corrected chi connectivity index (χ4v) is 2.91. The summed E-state index contributed by atoms with van der Waals surface area (Å²) >= 11 is 6.08. The zero-order valence-electron chi connectivity index (χ0n) is 14.9. The van der Waals surface area contributed by atoms with Gasteiger partial charge >= 0.3 is 0 Å².